The number of ketones is 1. The van der Waals surface area contributed by atoms with Crippen molar-refractivity contribution in [3.8, 4) is 5.69 Å². The predicted molar refractivity (Wildman–Crippen MR) is 120 cm³/mol. The molecule has 1 fully saturated rings. The van der Waals surface area contributed by atoms with Crippen molar-refractivity contribution in [3.63, 3.8) is 0 Å². The first kappa shape index (κ1) is 21.5. The lowest BCUT2D eigenvalue weighted by atomic mass is 9.89. The lowest BCUT2D eigenvalue weighted by Gasteiger charge is -2.30. The third kappa shape index (κ3) is 4.36. The Morgan fingerprint density at radius 3 is 2.26 bits per heavy atom. The third-order valence-corrected chi connectivity index (χ3v) is 6.15. The van der Waals surface area contributed by atoms with Crippen molar-refractivity contribution in [1.29, 1.82) is 0 Å². The topological polar surface area (TPSA) is 68.1 Å². The molecule has 1 amide bonds. The van der Waals surface area contributed by atoms with Gasteiger partial charge in [-0.1, -0.05) is 66.5 Å². The van der Waals surface area contributed by atoms with Crippen molar-refractivity contribution in [2.24, 2.45) is 5.92 Å². The van der Waals surface area contributed by atoms with E-state index in [1.165, 1.54) is 0 Å². The lowest BCUT2D eigenvalue weighted by Crippen LogP contribution is -2.40. The van der Waals surface area contributed by atoms with E-state index in [0.29, 0.717) is 53.9 Å². The van der Waals surface area contributed by atoms with E-state index < -0.39 is 0 Å². The molecule has 1 aliphatic rings. The SMILES string of the molecule is CCc1nc(C(=O)N2CCC(C(=O)c3ccccc3)CC2)nn1-c1c(Cl)cccc1Cl. The van der Waals surface area contributed by atoms with Gasteiger partial charge in [-0.05, 0) is 25.0 Å². The minimum absolute atomic E-state index is 0.0786. The minimum atomic E-state index is -0.248. The molecule has 4 rings (SSSR count). The highest BCUT2D eigenvalue weighted by atomic mass is 35.5. The Kier molecular flexibility index (Phi) is 6.39. The van der Waals surface area contributed by atoms with Crippen LogP contribution in [0.5, 0.6) is 0 Å². The van der Waals surface area contributed by atoms with Crippen LogP contribution < -0.4 is 0 Å². The van der Waals surface area contributed by atoms with Gasteiger partial charge in [-0.15, -0.1) is 5.10 Å². The summed E-state index contributed by atoms with van der Waals surface area (Å²) in [5.74, 6) is 0.525. The zero-order valence-electron chi connectivity index (χ0n) is 17.1. The maximum Gasteiger partial charge on any atom is 0.293 e. The molecule has 1 saturated heterocycles. The normalized spacial score (nSPS) is 14.6. The average molecular weight is 457 g/mol. The minimum Gasteiger partial charge on any atom is -0.336 e. The smallest absolute Gasteiger partial charge is 0.293 e. The van der Waals surface area contributed by atoms with Crippen molar-refractivity contribution in [1.82, 2.24) is 19.7 Å². The average Bonchev–Trinajstić information content (AvgIpc) is 3.22. The number of benzene rings is 2. The predicted octanol–water partition coefficient (Wildman–Crippen LogP) is 4.87. The van der Waals surface area contributed by atoms with Gasteiger partial charge in [0.1, 0.15) is 11.5 Å². The van der Waals surface area contributed by atoms with E-state index in [0.717, 1.165) is 5.56 Å². The molecule has 6 nitrogen and oxygen atoms in total. The van der Waals surface area contributed by atoms with E-state index in [1.807, 2.05) is 37.3 Å². The zero-order valence-corrected chi connectivity index (χ0v) is 18.6. The number of aromatic nitrogens is 3. The van der Waals surface area contributed by atoms with E-state index in [-0.39, 0.29) is 23.4 Å². The van der Waals surface area contributed by atoms with Crippen LogP contribution in [0.4, 0.5) is 0 Å². The Hall–Kier alpha value is -2.70. The molecule has 1 aliphatic heterocycles. The van der Waals surface area contributed by atoms with Gasteiger partial charge in [-0.2, -0.15) is 0 Å². The molecular formula is C23H22Cl2N4O2. The van der Waals surface area contributed by atoms with Gasteiger partial charge in [-0.25, -0.2) is 9.67 Å². The number of likely N-dealkylation sites (tertiary alicyclic amines) is 1. The van der Waals surface area contributed by atoms with Gasteiger partial charge in [0.05, 0.1) is 10.0 Å². The quantitative estimate of drug-likeness (QED) is 0.513. The summed E-state index contributed by atoms with van der Waals surface area (Å²) in [5, 5.41) is 5.30. The number of hydrogen-bond acceptors (Lipinski definition) is 4. The molecule has 0 radical (unpaired) electrons. The van der Waals surface area contributed by atoms with Crippen LogP contribution in [-0.4, -0.2) is 44.4 Å². The highest BCUT2D eigenvalue weighted by molar-refractivity contribution is 6.37. The summed E-state index contributed by atoms with van der Waals surface area (Å²) in [4.78, 5) is 31.9. The van der Waals surface area contributed by atoms with E-state index in [2.05, 4.69) is 10.1 Å². The monoisotopic (exact) mass is 456 g/mol. The van der Waals surface area contributed by atoms with Gasteiger partial charge < -0.3 is 4.90 Å². The van der Waals surface area contributed by atoms with Crippen LogP contribution in [0.25, 0.3) is 5.69 Å². The molecule has 0 N–H and O–H groups in total. The van der Waals surface area contributed by atoms with Crippen LogP contribution in [0.3, 0.4) is 0 Å². The van der Waals surface area contributed by atoms with Crippen LogP contribution in [-0.2, 0) is 6.42 Å². The van der Waals surface area contributed by atoms with Crippen molar-refractivity contribution >= 4 is 34.9 Å². The highest BCUT2D eigenvalue weighted by Gasteiger charge is 2.30. The van der Waals surface area contributed by atoms with E-state index in [9.17, 15) is 9.59 Å². The number of amides is 1. The van der Waals surface area contributed by atoms with Crippen LogP contribution in [0, 0.1) is 5.92 Å². The van der Waals surface area contributed by atoms with E-state index in [4.69, 9.17) is 23.2 Å². The van der Waals surface area contributed by atoms with Crippen LogP contribution in [0.2, 0.25) is 10.0 Å². The number of carbonyl (C=O) groups is 2. The number of carbonyl (C=O) groups excluding carboxylic acids is 2. The standard InChI is InChI=1S/C23H22Cl2N4O2/c1-2-19-26-22(27-29(19)20-17(24)9-6-10-18(20)25)23(31)28-13-11-16(12-14-28)21(30)15-7-4-3-5-8-15/h3-10,16H,2,11-14H2,1H3. The van der Waals surface area contributed by atoms with E-state index in [1.54, 1.807) is 27.8 Å². The molecule has 0 spiro atoms. The Morgan fingerprint density at radius 2 is 1.65 bits per heavy atom. The van der Waals surface area contributed by atoms with Crippen molar-refractivity contribution < 1.29 is 9.59 Å². The van der Waals surface area contributed by atoms with Crippen LogP contribution >= 0.6 is 23.2 Å². The third-order valence-electron chi connectivity index (χ3n) is 5.54. The fourth-order valence-electron chi connectivity index (χ4n) is 3.86. The molecule has 0 bridgehead atoms. The number of Topliss-reactive ketones (excluding diaryl/α,β-unsaturated/α-hetero) is 1. The maximum absolute atomic E-state index is 13.1. The second-order valence-electron chi connectivity index (χ2n) is 7.48. The molecule has 2 aromatic carbocycles. The van der Waals surface area contributed by atoms with Crippen LogP contribution in [0.15, 0.2) is 48.5 Å². The summed E-state index contributed by atoms with van der Waals surface area (Å²) < 4.78 is 1.55. The second-order valence-corrected chi connectivity index (χ2v) is 8.30. The molecule has 1 aromatic heterocycles. The molecular weight excluding hydrogens is 435 g/mol. The summed E-state index contributed by atoms with van der Waals surface area (Å²) in [6.45, 7) is 2.91. The molecule has 0 atom stereocenters. The molecule has 31 heavy (non-hydrogen) atoms. The fraction of sp³-hybridized carbons (Fsp3) is 0.304. The highest BCUT2D eigenvalue weighted by Crippen LogP contribution is 2.29. The molecule has 3 aromatic rings. The maximum atomic E-state index is 13.1. The molecule has 0 aliphatic carbocycles. The van der Waals surface area contributed by atoms with Gasteiger partial charge in [-0.3, -0.25) is 9.59 Å². The summed E-state index contributed by atoms with van der Waals surface area (Å²) in [6.07, 6.45) is 1.81. The second kappa shape index (κ2) is 9.20. The largest absolute Gasteiger partial charge is 0.336 e. The van der Waals surface area contributed by atoms with Crippen LogP contribution in [0.1, 0.15) is 46.6 Å². The molecule has 8 heteroatoms. The van der Waals surface area contributed by atoms with Crippen molar-refractivity contribution in [3.05, 3.63) is 75.8 Å². The first-order chi connectivity index (χ1) is 15.0. The van der Waals surface area contributed by atoms with Gasteiger partial charge in [0, 0.05) is 31.0 Å². The summed E-state index contributed by atoms with van der Waals surface area (Å²) >= 11 is 12.7. The van der Waals surface area contributed by atoms with Crippen molar-refractivity contribution in [2.75, 3.05) is 13.1 Å². The van der Waals surface area contributed by atoms with E-state index >= 15 is 0 Å². The lowest BCUT2D eigenvalue weighted by molar-refractivity contribution is 0.0640. The Labute approximate surface area is 190 Å². The van der Waals surface area contributed by atoms with Gasteiger partial charge in [0.15, 0.2) is 5.78 Å². The first-order valence-corrected chi connectivity index (χ1v) is 11.0. The Morgan fingerprint density at radius 1 is 1.00 bits per heavy atom. The van der Waals surface area contributed by atoms with Gasteiger partial charge in [0.25, 0.3) is 5.91 Å². The zero-order chi connectivity index (χ0) is 22.0. The number of hydrogen-bond donors (Lipinski definition) is 0. The fourth-order valence-corrected chi connectivity index (χ4v) is 4.42. The van der Waals surface area contributed by atoms with Crippen molar-refractivity contribution in [2.45, 2.75) is 26.2 Å². The number of rotatable bonds is 5. The number of nitrogens with zero attached hydrogens (tertiary/aromatic N) is 4. The molecule has 160 valence electrons. The number of halogens is 2. The molecule has 0 unspecified atom stereocenters. The Bertz CT molecular complexity index is 1090. The first-order valence-electron chi connectivity index (χ1n) is 10.3. The van der Waals surface area contributed by atoms with Gasteiger partial charge >= 0.3 is 0 Å². The summed E-state index contributed by atoms with van der Waals surface area (Å²) in [6, 6.07) is 14.5. The number of para-hydroxylation sites is 1. The molecule has 2 heterocycles. The Balaban J connectivity index is 1.50. The molecule has 0 saturated carbocycles. The van der Waals surface area contributed by atoms with Gasteiger partial charge in [0.2, 0.25) is 5.82 Å². The number of aryl methyl sites for hydroxylation is 1. The number of piperidine rings is 1. The summed E-state index contributed by atoms with van der Waals surface area (Å²) in [7, 11) is 0. The summed E-state index contributed by atoms with van der Waals surface area (Å²) in [5.41, 5.74) is 1.23.